The number of hydrogen-bond acceptors (Lipinski definition) is 3. The summed E-state index contributed by atoms with van der Waals surface area (Å²) in [5, 5.41) is 0. The number of ether oxygens (including phenoxy) is 1. The Kier molecular flexibility index (Phi) is 5.00. The zero-order valence-electron chi connectivity index (χ0n) is 8.49. The Balaban J connectivity index is 2.11. The van der Waals surface area contributed by atoms with Gasteiger partial charge < -0.3 is 9.15 Å². The normalized spacial score (nSPS) is 10.4. The molecule has 0 aromatic carbocycles. The van der Waals surface area contributed by atoms with E-state index in [0.717, 1.165) is 18.6 Å². The molecule has 3 nitrogen and oxygen atoms in total. The van der Waals surface area contributed by atoms with Crippen LogP contribution in [0.5, 0.6) is 0 Å². The molecule has 0 N–H and O–H groups in total. The quantitative estimate of drug-likeness (QED) is 0.628. The largest absolute Gasteiger partial charge is 0.472 e. The van der Waals surface area contributed by atoms with Gasteiger partial charge in [-0.3, -0.25) is 4.79 Å². The molecule has 0 spiro atoms. The zero-order chi connectivity index (χ0) is 10.2. The Labute approximate surface area is 84.1 Å². The summed E-state index contributed by atoms with van der Waals surface area (Å²) in [4.78, 5) is 11.4. The smallest absolute Gasteiger partial charge is 0.137 e. The van der Waals surface area contributed by atoms with Crippen molar-refractivity contribution in [3.63, 3.8) is 0 Å². The minimum atomic E-state index is 0.242. The first-order valence-corrected chi connectivity index (χ1v) is 4.93. The number of carbonyl (C=O) groups is 1. The van der Waals surface area contributed by atoms with Crippen LogP contribution in [0.25, 0.3) is 0 Å². The first kappa shape index (κ1) is 11.0. The van der Waals surface area contributed by atoms with Gasteiger partial charge in [0.25, 0.3) is 0 Å². The van der Waals surface area contributed by atoms with Crippen LogP contribution < -0.4 is 0 Å². The Morgan fingerprint density at radius 1 is 1.57 bits per heavy atom. The van der Waals surface area contributed by atoms with E-state index in [2.05, 4.69) is 0 Å². The summed E-state index contributed by atoms with van der Waals surface area (Å²) in [5.74, 6) is 0.242. The van der Waals surface area contributed by atoms with Crippen LogP contribution in [0.15, 0.2) is 23.0 Å². The number of Topliss-reactive ketones (excluding diaryl/α,β-unsaturated/α-hetero) is 1. The maximum atomic E-state index is 11.4. The van der Waals surface area contributed by atoms with E-state index in [1.807, 2.05) is 13.0 Å². The van der Waals surface area contributed by atoms with E-state index in [0.29, 0.717) is 19.4 Å². The Bertz CT molecular complexity index is 252. The molecule has 0 aliphatic carbocycles. The van der Waals surface area contributed by atoms with Gasteiger partial charge >= 0.3 is 0 Å². The summed E-state index contributed by atoms with van der Waals surface area (Å²) in [6.45, 7) is 3.34. The number of carbonyl (C=O) groups excluding carboxylic acids is 1. The Hall–Kier alpha value is -1.09. The number of hydrogen-bond donors (Lipinski definition) is 0. The lowest BCUT2D eigenvalue weighted by molar-refractivity contribution is -0.118. The second-order valence-corrected chi connectivity index (χ2v) is 3.15. The fraction of sp³-hybridized carbons (Fsp3) is 0.545. The second-order valence-electron chi connectivity index (χ2n) is 3.15. The van der Waals surface area contributed by atoms with Crippen LogP contribution in [0.3, 0.4) is 0 Å². The molecule has 0 atom stereocenters. The van der Waals surface area contributed by atoms with E-state index in [1.54, 1.807) is 12.5 Å². The highest BCUT2D eigenvalue weighted by Gasteiger charge is 2.04. The van der Waals surface area contributed by atoms with Crippen molar-refractivity contribution in [1.29, 1.82) is 0 Å². The van der Waals surface area contributed by atoms with Crippen LogP contribution in [0.4, 0.5) is 0 Å². The average molecular weight is 196 g/mol. The average Bonchev–Trinajstić information content (AvgIpc) is 2.65. The molecule has 0 unspecified atom stereocenters. The SMILES string of the molecule is CCOCCCC(=O)Cc1ccoc1. The number of ketones is 1. The molecule has 1 rings (SSSR count). The van der Waals surface area contributed by atoms with Crippen LogP contribution in [0, 0.1) is 0 Å². The van der Waals surface area contributed by atoms with Gasteiger partial charge in [0.15, 0.2) is 0 Å². The Morgan fingerprint density at radius 3 is 3.07 bits per heavy atom. The van der Waals surface area contributed by atoms with Gasteiger partial charge in [0.05, 0.1) is 12.5 Å². The van der Waals surface area contributed by atoms with Crippen molar-refractivity contribution in [3.8, 4) is 0 Å². The third kappa shape index (κ3) is 4.23. The molecule has 0 fully saturated rings. The molecule has 3 heteroatoms. The molecule has 0 bridgehead atoms. The van der Waals surface area contributed by atoms with Gasteiger partial charge in [-0.25, -0.2) is 0 Å². The molecule has 0 aliphatic heterocycles. The maximum Gasteiger partial charge on any atom is 0.137 e. The van der Waals surface area contributed by atoms with E-state index in [4.69, 9.17) is 9.15 Å². The van der Waals surface area contributed by atoms with Gasteiger partial charge in [0, 0.05) is 26.1 Å². The van der Waals surface area contributed by atoms with Crippen LogP contribution in [0.2, 0.25) is 0 Å². The minimum Gasteiger partial charge on any atom is -0.472 e. The van der Waals surface area contributed by atoms with Gasteiger partial charge in [0.2, 0.25) is 0 Å². The first-order chi connectivity index (χ1) is 6.83. The van der Waals surface area contributed by atoms with Crippen molar-refractivity contribution in [3.05, 3.63) is 24.2 Å². The van der Waals surface area contributed by atoms with Crippen molar-refractivity contribution in [1.82, 2.24) is 0 Å². The fourth-order valence-electron chi connectivity index (χ4n) is 1.23. The predicted molar refractivity (Wildman–Crippen MR) is 53.1 cm³/mol. The van der Waals surface area contributed by atoms with Crippen LogP contribution >= 0.6 is 0 Å². The third-order valence-corrected chi connectivity index (χ3v) is 1.93. The van der Waals surface area contributed by atoms with Crippen LogP contribution in [-0.4, -0.2) is 19.0 Å². The second kappa shape index (κ2) is 6.38. The van der Waals surface area contributed by atoms with Gasteiger partial charge in [-0.05, 0) is 25.0 Å². The fourth-order valence-corrected chi connectivity index (χ4v) is 1.23. The van der Waals surface area contributed by atoms with E-state index in [1.165, 1.54) is 0 Å². The summed E-state index contributed by atoms with van der Waals surface area (Å²) >= 11 is 0. The van der Waals surface area contributed by atoms with Crippen LogP contribution in [-0.2, 0) is 16.0 Å². The molecule has 0 saturated heterocycles. The van der Waals surface area contributed by atoms with Crippen molar-refractivity contribution in [2.24, 2.45) is 0 Å². The molecule has 1 heterocycles. The van der Waals surface area contributed by atoms with Gasteiger partial charge in [-0.1, -0.05) is 0 Å². The van der Waals surface area contributed by atoms with E-state index in [9.17, 15) is 4.79 Å². The topological polar surface area (TPSA) is 39.4 Å². The predicted octanol–water partition coefficient (Wildman–Crippen LogP) is 2.21. The number of furan rings is 1. The monoisotopic (exact) mass is 196 g/mol. The standard InChI is InChI=1S/C11H16O3/c1-2-13-6-3-4-11(12)8-10-5-7-14-9-10/h5,7,9H,2-4,6,8H2,1H3. The third-order valence-electron chi connectivity index (χ3n) is 1.93. The van der Waals surface area contributed by atoms with E-state index >= 15 is 0 Å². The van der Waals surface area contributed by atoms with Gasteiger partial charge in [0.1, 0.15) is 5.78 Å². The maximum absolute atomic E-state index is 11.4. The summed E-state index contributed by atoms with van der Waals surface area (Å²) < 4.78 is 10.0. The van der Waals surface area contributed by atoms with Gasteiger partial charge in [-0.15, -0.1) is 0 Å². The summed E-state index contributed by atoms with van der Waals surface area (Å²) in [7, 11) is 0. The highest BCUT2D eigenvalue weighted by atomic mass is 16.5. The summed E-state index contributed by atoms with van der Waals surface area (Å²) in [6, 6.07) is 1.82. The lowest BCUT2D eigenvalue weighted by atomic mass is 10.1. The van der Waals surface area contributed by atoms with Crippen molar-refractivity contribution >= 4 is 5.78 Å². The van der Waals surface area contributed by atoms with Gasteiger partial charge in [-0.2, -0.15) is 0 Å². The molecule has 78 valence electrons. The van der Waals surface area contributed by atoms with Crippen LogP contribution in [0.1, 0.15) is 25.3 Å². The highest BCUT2D eigenvalue weighted by molar-refractivity contribution is 5.80. The molecule has 0 aliphatic rings. The minimum absolute atomic E-state index is 0.242. The summed E-state index contributed by atoms with van der Waals surface area (Å²) in [5.41, 5.74) is 0.950. The number of rotatable bonds is 7. The molecule has 0 radical (unpaired) electrons. The molecule has 0 amide bonds. The Morgan fingerprint density at radius 2 is 2.43 bits per heavy atom. The lowest BCUT2D eigenvalue weighted by Crippen LogP contribution is -2.04. The molecular weight excluding hydrogens is 180 g/mol. The van der Waals surface area contributed by atoms with E-state index < -0.39 is 0 Å². The van der Waals surface area contributed by atoms with Crippen molar-refractivity contribution in [2.75, 3.05) is 13.2 Å². The molecule has 1 aromatic rings. The summed E-state index contributed by atoms with van der Waals surface area (Å²) in [6.07, 6.45) is 5.07. The molecule has 1 aromatic heterocycles. The zero-order valence-corrected chi connectivity index (χ0v) is 8.49. The van der Waals surface area contributed by atoms with Crippen molar-refractivity contribution in [2.45, 2.75) is 26.2 Å². The lowest BCUT2D eigenvalue weighted by Gasteiger charge is -2.00. The molecule has 0 saturated carbocycles. The molecular formula is C11H16O3. The van der Waals surface area contributed by atoms with E-state index in [-0.39, 0.29) is 5.78 Å². The highest BCUT2D eigenvalue weighted by Crippen LogP contribution is 2.04. The molecule has 14 heavy (non-hydrogen) atoms. The van der Waals surface area contributed by atoms with Crippen molar-refractivity contribution < 1.29 is 13.9 Å². The first-order valence-electron chi connectivity index (χ1n) is 4.93.